The van der Waals surface area contributed by atoms with Crippen LogP contribution in [0, 0.1) is 0 Å². The maximum absolute atomic E-state index is 13.4. The summed E-state index contributed by atoms with van der Waals surface area (Å²) < 4.78 is 5.46. The highest BCUT2D eigenvalue weighted by molar-refractivity contribution is 6.08. The standard InChI is InChI=1S/C24H30N4O3/c1-24(2,3)31-23(30)28-14-11-18-21(22(28)29)20(26-17-9-12-25-13-10-17)15-19(27-18)16-7-5-4-6-8-16/h4-8,15,17,25H,9-14H2,1-3H3,(H,26,27). The lowest BCUT2D eigenvalue weighted by Gasteiger charge is -2.32. The summed E-state index contributed by atoms with van der Waals surface area (Å²) in [6.45, 7) is 7.53. The average Bonchev–Trinajstić information content (AvgIpc) is 2.73. The maximum Gasteiger partial charge on any atom is 0.417 e. The number of nitrogens with one attached hydrogen (secondary N) is 2. The minimum absolute atomic E-state index is 0.263. The van der Waals surface area contributed by atoms with Crippen molar-refractivity contribution in [3.63, 3.8) is 0 Å². The summed E-state index contributed by atoms with van der Waals surface area (Å²) >= 11 is 0. The summed E-state index contributed by atoms with van der Waals surface area (Å²) in [4.78, 5) is 32.0. The van der Waals surface area contributed by atoms with Gasteiger partial charge < -0.3 is 15.4 Å². The molecule has 2 aliphatic rings. The Morgan fingerprint density at radius 1 is 1.19 bits per heavy atom. The van der Waals surface area contributed by atoms with Crippen LogP contribution in [0.3, 0.4) is 0 Å². The SMILES string of the molecule is CC(C)(C)OC(=O)N1CCc2nc(-c3ccccc3)cc(NC3CCNCC3)c2C1=O. The number of amides is 2. The molecule has 0 aliphatic carbocycles. The number of nitrogens with zero attached hydrogens (tertiary/aromatic N) is 2. The number of hydrogen-bond acceptors (Lipinski definition) is 6. The molecule has 0 saturated carbocycles. The van der Waals surface area contributed by atoms with Crippen LogP contribution < -0.4 is 10.6 Å². The minimum Gasteiger partial charge on any atom is -0.443 e. The van der Waals surface area contributed by atoms with Crippen LogP contribution in [-0.4, -0.2) is 53.2 Å². The van der Waals surface area contributed by atoms with Crippen LogP contribution in [0.25, 0.3) is 11.3 Å². The van der Waals surface area contributed by atoms with Crippen LogP contribution >= 0.6 is 0 Å². The fraction of sp³-hybridized carbons (Fsp3) is 0.458. The average molecular weight is 423 g/mol. The van der Waals surface area contributed by atoms with Crippen LogP contribution in [0.2, 0.25) is 0 Å². The smallest absolute Gasteiger partial charge is 0.417 e. The third kappa shape index (κ3) is 4.88. The van der Waals surface area contributed by atoms with E-state index in [-0.39, 0.29) is 18.5 Å². The Labute approximate surface area is 183 Å². The van der Waals surface area contributed by atoms with E-state index in [1.54, 1.807) is 20.8 Å². The second kappa shape index (κ2) is 8.67. The molecule has 164 valence electrons. The number of benzene rings is 1. The van der Waals surface area contributed by atoms with Gasteiger partial charge in [-0.3, -0.25) is 9.78 Å². The van der Waals surface area contributed by atoms with Gasteiger partial charge in [0.2, 0.25) is 0 Å². The van der Waals surface area contributed by atoms with Gasteiger partial charge in [0.15, 0.2) is 0 Å². The Morgan fingerprint density at radius 3 is 2.58 bits per heavy atom. The molecule has 2 N–H and O–H groups in total. The first-order valence-electron chi connectivity index (χ1n) is 10.9. The van der Waals surface area contributed by atoms with Crippen molar-refractivity contribution in [1.29, 1.82) is 0 Å². The molecule has 0 spiro atoms. The summed E-state index contributed by atoms with van der Waals surface area (Å²) in [7, 11) is 0. The fourth-order valence-electron chi connectivity index (χ4n) is 4.02. The fourth-order valence-corrected chi connectivity index (χ4v) is 4.02. The molecule has 1 aromatic heterocycles. The molecule has 31 heavy (non-hydrogen) atoms. The van der Waals surface area contributed by atoms with Gasteiger partial charge in [-0.05, 0) is 52.8 Å². The number of carbonyl (C=O) groups is 2. The normalized spacial score (nSPS) is 17.3. The van der Waals surface area contributed by atoms with E-state index in [0.29, 0.717) is 12.0 Å². The summed E-state index contributed by atoms with van der Waals surface area (Å²) in [5.74, 6) is -0.348. The number of hydrogen-bond donors (Lipinski definition) is 2. The Kier molecular flexibility index (Phi) is 5.96. The monoisotopic (exact) mass is 422 g/mol. The number of aromatic nitrogens is 1. The summed E-state index contributed by atoms with van der Waals surface area (Å²) in [6.07, 6.45) is 1.84. The number of anilines is 1. The maximum atomic E-state index is 13.4. The molecule has 7 heteroatoms. The molecule has 4 rings (SSSR count). The quantitative estimate of drug-likeness (QED) is 0.782. The number of fused-ring (bicyclic) bond motifs is 1. The summed E-state index contributed by atoms with van der Waals surface area (Å²) in [6, 6.07) is 12.2. The largest absolute Gasteiger partial charge is 0.443 e. The number of carbonyl (C=O) groups excluding carboxylic acids is 2. The molecule has 1 saturated heterocycles. The van der Waals surface area contributed by atoms with Crippen LogP contribution in [0.4, 0.5) is 10.5 Å². The Morgan fingerprint density at radius 2 is 1.90 bits per heavy atom. The highest BCUT2D eigenvalue weighted by Crippen LogP contribution is 2.32. The van der Waals surface area contributed by atoms with Crippen molar-refractivity contribution >= 4 is 17.7 Å². The van der Waals surface area contributed by atoms with Gasteiger partial charge in [-0.15, -0.1) is 0 Å². The van der Waals surface area contributed by atoms with Gasteiger partial charge in [0, 0.05) is 24.6 Å². The van der Waals surface area contributed by atoms with Gasteiger partial charge in [0.25, 0.3) is 5.91 Å². The van der Waals surface area contributed by atoms with E-state index >= 15 is 0 Å². The Hall–Kier alpha value is -2.93. The molecule has 3 heterocycles. The molecule has 0 bridgehead atoms. The second-order valence-electron chi connectivity index (χ2n) is 9.10. The molecule has 1 aromatic carbocycles. The van der Waals surface area contributed by atoms with E-state index in [4.69, 9.17) is 9.72 Å². The van der Waals surface area contributed by atoms with Gasteiger partial charge in [0.1, 0.15) is 5.60 Å². The van der Waals surface area contributed by atoms with Crippen molar-refractivity contribution in [2.45, 2.75) is 51.7 Å². The van der Waals surface area contributed by atoms with Crippen molar-refractivity contribution in [1.82, 2.24) is 15.2 Å². The lowest BCUT2D eigenvalue weighted by Crippen LogP contribution is -2.45. The zero-order valence-electron chi connectivity index (χ0n) is 18.4. The number of rotatable bonds is 3. The molecule has 1 fully saturated rings. The van der Waals surface area contributed by atoms with Gasteiger partial charge in [-0.2, -0.15) is 0 Å². The van der Waals surface area contributed by atoms with Gasteiger partial charge >= 0.3 is 6.09 Å². The zero-order valence-corrected chi connectivity index (χ0v) is 18.4. The first-order chi connectivity index (χ1) is 14.8. The number of ether oxygens (including phenoxy) is 1. The van der Waals surface area contributed by atoms with Crippen molar-refractivity contribution in [2.75, 3.05) is 25.0 Å². The van der Waals surface area contributed by atoms with Crippen LogP contribution in [0.15, 0.2) is 36.4 Å². The number of piperidine rings is 1. The molecule has 2 amide bonds. The first-order valence-corrected chi connectivity index (χ1v) is 10.9. The third-order valence-electron chi connectivity index (χ3n) is 5.51. The van der Waals surface area contributed by atoms with Gasteiger partial charge in [-0.1, -0.05) is 30.3 Å². The molecule has 0 unspecified atom stereocenters. The zero-order chi connectivity index (χ0) is 22.0. The van der Waals surface area contributed by atoms with Gasteiger partial charge in [0.05, 0.1) is 22.6 Å². The summed E-state index contributed by atoms with van der Waals surface area (Å²) in [5, 5.41) is 6.94. The molecular weight excluding hydrogens is 392 g/mol. The van der Waals surface area contributed by atoms with E-state index in [1.165, 1.54) is 4.90 Å². The van der Waals surface area contributed by atoms with Crippen LogP contribution in [-0.2, 0) is 11.2 Å². The van der Waals surface area contributed by atoms with E-state index in [1.807, 2.05) is 36.4 Å². The molecule has 7 nitrogen and oxygen atoms in total. The highest BCUT2D eigenvalue weighted by atomic mass is 16.6. The van der Waals surface area contributed by atoms with Crippen molar-refractivity contribution < 1.29 is 14.3 Å². The second-order valence-corrected chi connectivity index (χ2v) is 9.10. The lowest BCUT2D eigenvalue weighted by atomic mass is 9.98. The van der Waals surface area contributed by atoms with E-state index in [0.717, 1.165) is 48.6 Å². The third-order valence-corrected chi connectivity index (χ3v) is 5.51. The minimum atomic E-state index is -0.663. The van der Waals surface area contributed by atoms with Crippen molar-refractivity contribution in [3.8, 4) is 11.3 Å². The highest BCUT2D eigenvalue weighted by Gasteiger charge is 2.35. The van der Waals surface area contributed by atoms with Gasteiger partial charge in [-0.25, -0.2) is 9.69 Å². The predicted molar refractivity (Wildman–Crippen MR) is 120 cm³/mol. The van der Waals surface area contributed by atoms with Crippen LogP contribution in [0.5, 0.6) is 0 Å². The van der Waals surface area contributed by atoms with Crippen molar-refractivity contribution in [2.24, 2.45) is 0 Å². The number of imide groups is 1. The number of pyridine rings is 1. The van der Waals surface area contributed by atoms with E-state index in [9.17, 15) is 9.59 Å². The van der Waals surface area contributed by atoms with Crippen LogP contribution in [0.1, 0.15) is 49.7 Å². The van der Waals surface area contributed by atoms with E-state index in [2.05, 4.69) is 10.6 Å². The van der Waals surface area contributed by atoms with E-state index < -0.39 is 11.7 Å². The molecule has 0 atom stereocenters. The lowest BCUT2D eigenvalue weighted by molar-refractivity contribution is 0.0233. The Balaban J connectivity index is 1.71. The topological polar surface area (TPSA) is 83.6 Å². The van der Waals surface area contributed by atoms with Crippen molar-refractivity contribution in [3.05, 3.63) is 47.7 Å². The Bertz CT molecular complexity index is 963. The molecule has 0 radical (unpaired) electrons. The molecule has 2 aliphatic heterocycles. The molecular formula is C24H30N4O3. The predicted octanol–water partition coefficient (Wildman–Crippen LogP) is 3.85. The first kappa shape index (κ1) is 21.3. The molecule has 2 aromatic rings. The summed E-state index contributed by atoms with van der Waals surface area (Å²) in [5.41, 5.74) is 3.12.